The summed E-state index contributed by atoms with van der Waals surface area (Å²) >= 11 is 0. The number of hydrogen-bond donors (Lipinski definition) is 2. The number of amides is 3. The standard InChI is InChI=1S/C21H26N4O2/c1-2-22-21(27)25-14-11-17(12-15-25)20(26)24-19(16-8-4-3-5-9-16)18-10-6-7-13-23-18/h3-10,13,17,19H,2,11-12,14-15H2,1H3,(H,22,27)(H,24,26). The van der Waals surface area contributed by atoms with Crippen molar-refractivity contribution in [2.24, 2.45) is 5.92 Å². The molecule has 2 heterocycles. The zero-order valence-electron chi connectivity index (χ0n) is 15.6. The molecule has 6 heteroatoms. The summed E-state index contributed by atoms with van der Waals surface area (Å²) in [5, 5.41) is 5.98. The van der Waals surface area contributed by atoms with Crippen LogP contribution in [0.2, 0.25) is 0 Å². The summed E-state index contributed by atoms with van der Waals surface area (Å²) in [6.07, 6.45) is 3.08. The van der Waals surface area contributed by atoms with Crippen LogP contribution in [0.4, 0.5) is 4.79 Å². The number of carbonyl (C=O) groups is 2. The number of urea groups is 1. The van der Waals surface area contributed by atoms with Gasteiger partial charge in [0.1, 0.15) is 0 Å². The first-order chi connectivity index (χ1) is 13.2. The summed E-state index contributed by atoms with van der Waals surface area (Å²) in [6, 6.07) is 15.3. The summed E-state index contributed by atoms with van der Waals surface area (Å²) in [5.74, 6) is -0.0735. The molecule has 1 saturated heterocycles. The Balaban J connectivity index is 1.66. The minimum Gasteiger partial charge on any atom is -0.343 e. The highest BCUT2D eigenvalue weighted by molar-refractivity contribution is 5.80. The summed E-state index contributed by atoms with van der Waals surface area (Å²) in [6.45, 7) is 3.72. The number of hydrogen-bond acceptors (Lipinski definition) is 3. The van der Waals surface area contributed by atoms with Crippen molar-refractivity contribution in [3.8, 4) is 0 Å². The van der Waals surface area contributed by atoms with Gasteiger partial charge >= 0.3 is 6.03 Å². The molecule has 2 N–H and O–H groups in total. The monoisotopic (exact) mass is 366 g/mol. The molecule has 1 aliphatic heterocycles. The third-order valence-corrected chi connectivity index (χ3v) is 4.88. The van der Waals surface area contributed by atoms with E-state index < -0.39 is 0 Å². The van der Waals surface area contributed by atoms with Crippen LogP contribution in [0.3, 0.4) is 0 Å². The minimum absolute atomic E-state index is 0.0186. The number of aromatic nitrogens is 1. The van der Waals surface area contributed by atoms with Gasteiger partial charge in [0, 0.05) is 31.7 Å². The summed E-state index contributed by atoms with van der Waals surface area (Å²) in [5.41, 5.74) is 1.82. The number of nitrogens with zero attached hydrogens (tertiary/aromatic N) is 2. The highest BCUT2D eigenvalue weighted by atomic mass is 16.2. The lowest BCUT2D eigenvalue weighted by Crippen LogP contribution is -2.47. The van der Waals surface area contributed by atoms with Crippen molar-refractivity contribution in [3.05, 3.63) is 66.0 Å². The fourth-order valence-corrected chi connectivity index (χ4v) is 3.39. The van der Waals surface area contributed by atoms with Crippen molar-refractivity contribution in [2.45, 2.75) is 25.8 Å². The second-order valence-electron chi connectivity index (χ2n) is 6.70. The normalized spacial score (nSPS) is 15.8. The van der Waals surface area contributed by atoms with Crippen molar-refractivity contribution in [2.75, 3.05) is 19.6 Å². The van der Waals surface area contributed by atoms with Gasteiger partial charge in [-0.1, -0.05) is 36.4 Å². The molecule has 0 spiro atoms. The molecule has 0 aliphatic carbocycles. The quantitative estimate of drug-likeness (QED) is 0.854. The molecular weight excluding hydrogens is 340 g/mol. The van der Waals surface area contributed by atoms with Gasteiger partial charge in [0.05, 0.1) is 11.7 Å². The lowest BCUT2D eigenvalue weighted by Gasteiger charge is -2.32. The van der Waals surface area contributed by atoms with Gasteiger partial charge in [-0.3, -0.25) is 9.78 Å². The Morgan fingerprint density at radius 1 is 1.11 bits per heavy atom. The van der Waals surface area contributed by atoms with Gasteiger partial charge in [-0.25, -0.2) is 4.79 Å². The van der Waals surface area contributed by atoms with Gasteiger partial charge in [0.2, 0.25) is 5.91 Å². The molecule has 2 aromatic rings. The van der Waals surface area contributed by atoms with Crippen LogP contribution in [0.5, 0.6) is 0 Å². The van der Waals surface area contributed by atoms with E-state index in [1.54, 1.807) is 11.1 Å². The number of pyridine rings is 1. The molecule has 3 amide bonds. The third-order valence-electron chi connectivity index (χ3n) is 4.88. The zero-order valence-corrected chi connectivity index (χ0v) is 15.6. The number of nitrogens with one attached hydrogen (secondary N) is 2. The van der Waals surface area contributed by atoms with Crippen molar-refractivity contribution in [3.63, 3.8) is 0 Å². The molecule has 1 aromatic carbocycles. The molecule has 0 bridgehead atoms. The second-order valence-corrected chi connectivity index (χ2v) is 6.70. The molecule has 1 fully saturated rings. The van der Waals surface area contributed by atoms with Crippen LogP contribution < -0.4 is 10.6 Å². The zero-order chi connectivity index (χ0) is 19.1. The maximum Gasteiger partial charge on any atom is 0.317 e. The van der Waals surface area contributed by atoms with Crippen LogP contribution in [-0.2, 0) is 4.79 Å². The van der Waals surface area contributed by atoms with Crippen molar-refractivity contribution < 1.29 is 9.59 Å². The summed E-state index contributed by atoms with van der Waals surface area (Å²) in [7, 11) is 0. The molecule has 1 aliphatic rings. The fraction of sp³-hybridized carbons (Fsp3) is 0.381. The Kier molecular flexibility index (Phi) is 6.41. The molecule has 1 unspecified atom stereocenters. The Labute approximate surface area is 160 Å². The molecule has 1 atom stereocenters. The van der Waals surface area contributed by atoms with Gasteiger partial charge < -0.3 is 15.5 Å². The average Bonchev–Trinajstić information content (AvgIpc) is 2.73. The summed E-state index contributed by atoms with van der Waals surface area (Å²) in [4.78, 5) is 31.0. The third kappa shape index (κ3) is 4.84. The van der Waals surface area contributed by atoms with Crippen LogP contribution in [0, 0.1) is 5.92 Å². The maximum absolute atomic E-state index is 12.9. The Morgan fingerprint density at radius 3 is 2.44 bits per heavy atom. The fourth-order valence-electron chi connectivity index (χ4n) is 3.39. The van der Waals surface area contributed by atoms with Crippen LogP contribution >= 0.6 is 0 Å². The lowest BCUT2D eigenvalue weighted by atomic mass is 9.94. The molecule has 3 rings (SSSR count). The van der Waals surface area contributed by atoms with Crippen LogP contribution in [0.25, 0.3) is 0 Å². The SMILES string of the molecule is CCNC(=O)N1CCC(C(=O)NC(c2ccccc2)c2ccccn2)CC1. The van der Waals surface area contributed by atoms with E-state index in [-0.39, 0.29) is 23.9 Å². The highest BCUT2D eigenvalue weighted by Crippen LogP contribution is 2.23. The van der Waals surface area contributed by atoms with Gasteiger partial charge in [-0.05, 0) is 37.5 Å². The smallest absolute Gasteiger partial charge is 0.317 e. The van der Waals surface area contributed by atoms with E-state index in [4.69, 9.17) is 0 Å². The van der Waals surface area contributed by atoms with E-state index in [1.165, 1.54) is 0 Å². The van der Waals surface area contributed by atoms with Crippen molar-refractivity contribution in [1.29, 1.82) is 0 Å². The largest absolute Gasteiger partial charge is 0.343 e. The van der Waals surface area contributed by atoms with Crippen LogP contribution in [0.15, 0.2) is 54.7 Å². The molecule has 6 nitrogen and oxygen atoms in total. The van der Waals surface area contributed by atoms with E-state index in [2.05, 4.69) is 15.6 Å². The van der Waals surface area contributed by atoms with Gasteiger partial charge in [0.15, 0.2) is 0 Å². The topological polar surface area (TPSA) is 74.3 Å². The van der Waals surface area contributed by atoms with Crippen molar-refractivity contribution in [1.82, 2.24) is 20.5 Å². The molecule has 142 valence electrons. The first-order valence-electron chi connectivity index (χ1n) is 9.48. The lowest BCUT2D eigenvalue weighted by molar-refractivity contribution is -0.126. The van der Waals surface area contributed by atoms with Crippen molar-refractivity contribution >= 4 is 11.9 Å². The van der Waals surface area contributed by atoms with Crippen LogP contribution in [-0.4, -0.2) is 41.5 Å². The van der Waals surface area contributed by atoms with Gasteiger partial charge in [-0.2, -0.15) is 0 Å². The molecule has 1 aromatic heterocycles. The highest BCUT2D eigenvalue weighted by Gasteiger charge is 2.29. The number of rotatable bonds is 5. The Bertz CT molecular complexity index is 704. The molecule has 0 saturated carbocycles. The minimum atomic E-state index is -0.277. The van der Waals surface area contributed by atoms with E-state index in [1.807, 2.05) is 55.5 Å². The first kappa shape index (κ1) is 18.9. The number of carbonyl (C=O) groups excluding carboxylic acids is 2. The Hall–Kier alpha value is -2.89. The molecular formula is C21H26N4O2. The maximum atomic E-state index is 12.9. The van der Waals surface area contributed by atoms with Gasteiger partial charge in [-0.15, -0.1) is 0 Å². The van der Waals surface area contributed by atoms with E-state index in [0.717, 1.165) is 11.3 Å². The summed E-state index contributed by atoms with van der Waals surface area (Å²) < 4.78 is 0. The predicted molar refractivity (Wildman–Crippen MR) is 104 cm³/mol. The van der Waals surface area contributed by atoms with E-state index >= 15 is 0 Å². The predicted octanol–water partition coefficient (Wildman–Crippen LogP) is 2.73. The Morgan fingerprint density at radius 2 is 1.81 bits per heavy atom. The van der Waals surface area contributed by atoms with E-state index in [9.17, 15) is 9.59 Å². The number of benzene rings is 1. The molecule has 0 radical (unpaired) electrons. The first-order valence-corrected chi connectivity index (χ1v) is 9.48. The molecule has 27 heavy (non-hydrogen) atoms. The van der Waals surface area contributed by atoms with Gasteiger partial charge in [0.25, 0.3) is 0 Å². The average molecular weight is 366 g/mol. The second kappa shape index (κ2) is 9.16. The van der Waals surface area contributed by atoms with Crippen LogP contribution in [0.1, 0.15) is 37.1 Å². The number of likely N-dealkylation sites (tertiary alicyclic amines) is 1. The number of piperidine rings is 1. The van der Waals surface area contributed by atoms with E-state index in [0.29, 0.717) is 32.5 Å².